The van der Waals surface area contributed by atoms with Crippen molar-refractivity contribution >= 4 is 12.0 Å². The number of pyridine rings is 1. The van der Waals surface area contributed by atoms with Crippen molar-refractivity contribution in [2.45, 2.75) is 6.92 Å². The van der Waals surface area contributed by atoms with Crippen LogP contribution in [0.15, 0.2) is 18.3 Å². The van der Waals surface area contributed by atoms with Gasteiger partial charge in [-0.2, -0.15) is 0 Å². The van der Waals surface area contributed by atoms with Gasteiger partial charge in [0.2, 0.25) is 0 Å². The number of rotatable bonds is 3. The molecular formula is C10H12N2O2. The Morgan fingerprint density at radius 1 is 1.71 bits per heavy atom. The Balaban J connectivity index is 3.15. The van der Waals surface area contributed by atoms with Gasteiger partial charge in [0, 0.05) is 18.3 Å². The summed E-state index contributed by atoms with van der Waals surface area (Å²) in [5.41, 5.74) is 6.85. The van der Waals surface area contributed by atoms with Gasteiger partial charge >= 0.3 is 5.97 Å². The van der Waals surface area contributed by atoms with Gasteiger partial charge in [-0.05, 0) is 18.6 Å². The third-order valence-corrected chi connectivity index (χ3v) is 1.69. The van der Waals surface area contributed by atoms with Gasteiger partial charge in [0.1, 0.15) is 0 Å². The Hall–Kier alpha value is -1.68. The van der Waals surface area contributed by atoms with Crippen molar-refractivity contribution in [2.75, 3.05) is 6.54 Å². The molecule has 0 aromatic carbocycles. The van der Waals surface area contributed by atoms with Crippen LogP contribution in [0.2, 0.25) is 0 Å². The smallest absolute Gasteiger partial charge is 0.355 e. The van der Waals surface area contributed by atoms with E-state index in [4.69, 9.17) is 10.8 Å². The first-order valence-corrected chi connectivity index (χ1v) is 4.21. The average molecular weight is 192 g/mol. The molecule has 0 bridgehead atoms. The molecule has 0 aliphatic carbocycles. The molecule has 4 heteroatoms. The summed E-state index contributed by atoms with van der Waals surface area (Å²) in [5, 5.41) is 8.83. The first-order valence-electron chi connectivity index (χ1n) is 4.21. The number of aryl methyl sites for hydroxylation is 1. The Labute approximate surface area is 82.1 Å². The number of aromatic nitrogens is 1. The van der Waals surface area contributed by atoms with Crippen molar-refractivity contribution in [1.82, 2.24) is 4.98 Å². The second kappa shape index (κ2) is 4.53. The van der Waals surface area contributed by atoms with E-state index < -0.39 is 5.97 Å². The topological polar surface area (TPSA) is 76.2 Å². The maximum absolute atomic E-state index is 10.8. The van der Waals surface area contributed by atoms with Crippen LogP contribution in [0.4, 0.5) is 0 Å². The highest BCUT2D eigenvalue weighted by molar-refractivity contribution is 5.89. The van der Waals surface area contributed by atoms with Crippen LogP contribution in [-0.4, -0.2) is 22.6 Å². The van der Waals surface area contributed by atoms with Crippen LogP contribution in [0.5, 0.6) is 0 Å². The second-order valence-corrected chi connectivity index (χ2v) is 2.89. The van der Waals surface area contributed by atoms with E-state index in [-0.39, 0.29) is 5.69 Å². The van der Waals surface area contributed by atoms with E-state index >= 15 is 0 Å². The quantitative estimate of drug-likeness (QED) is 0.750. The summed E-state index contributed by atoms with van der Waals surface area (Å²) in [6, 6.07) is 1.77. The number of nitrogens with two attached hydrogens (primary N) is 1. The molecule has 74 valence electrons. The van der Waals surface area contributed by atoms with Crippen LogP contribution in [-0.2, 0) is 0 Å². The molecule has 0 saturated heterocycles. The number of carboxylic acid groups (broad SMARTS) is 1. The number of aromatic carboxylic acids is 1. The molecule has 0 aliphatic heterocycles. The molecule has 3 N–H and O–H groups in total. The van der Waals surface area contributed by atoms with Crippen molar-refractivity contribution in [3.63, 3.8) is 0 Å². The summed E-state index contributed by atoms with van der Waals surface area (Å²) < 4.78 is 0. The lowest BCUT2D eigenvalue weighted by Crippen LogP contribution is -2.03. The highest BCUT2D eigenvalue weighted by atomic mass is 16.4. The van der Waals surface area contributed by atoms with Gasteiger partial charge in [0.15, 0.2) is 5.69 Å². The van der Waals surface area contributed by atoms with E-state index in [1.807, 2.05) is 6.92 Å². The lowest BCUT2D eigenvalue weighted by molar-refractivity contribution is 0.0690. The van der Waals surface area contributed by atoms with Crippen molar-refractivity contribution < 1.29 is 9.90 Å². The van der Waals surface area contributed by atoms with E-state index in [0.29, 0.717) is 12.1 Å². The van der Waals surface area contributed by atoms with Crippen LogP contribution < -0.4 is 5.73 Å². The number of carbonyl (C=O) groups is 1. The Morgan fingerprint density at radius 2 is 2.43 bits per heavy atom. The molecule has 4 nitrogen and oxygen atoms in total. The normalized spacial score (nSPS) is 10.7. The average Bonchev–Trinajstić information content (AvgIpc) is 2.14. The van der Waals surface area contributed by atoms with E-state index in [0.717, 1.165) is 5.56 Å². The summed E-state index contributed by atoms with van der Waals surface area (Å²) in [6.45, 7) is 2.24. The molecular weight excluding hydrogens is 180 g/mol. The SMILES string of the molecule is Cc1cnc(C(=O)O)c(C=CCN)c1. The molecule has 0 fully saturated rings. The molecule has 1 heterocycles. The standard InChI is InChI=1S/C10H12N2O2/c1-7-5-8(3-2-4-11)9(10(13)14)12-6-7/h2-3,5-6H,4,11H2,1H3,(H,13,14). The van der Waals surface area contributed by atoms with Crippen LogP contribution in [0.1, 0.15) is 21.6 Å². The van der Waals surface area contributed by atoms with Gasteiger partial charge < -0.3 is 10.8 Å². The fourth-order valence-corrected chi connectivity index (χ4v) is 1.09. The van der Waals surface area contributed by atoms with Gasteiger partial charge in [-0.1, -0.05) is 12.2 Å². The van der Waals surface area contributed by atoms with Crippen molar-refractivity contribution in [2.24, 2.45) is 5.73 Å². The first-order chi connectivity index (χ1) is 6.65. The summed E-state index contributed by atoms with van der Waals surface area (Å²) in [5.74, 6) is -1.03. The van der Waals surface area contributed by atoms with Crippen LogP contribution in [0.3, 0.4) is 0 Å². The second-order valence-electron chi connectivity index (χ2n) is 2.89. The summed E-state index contributed by atoms with van der Waals surface area (Å²) >= 11 is 0. The molecule has 1 aromatic rings. The number of carboxylic acids is 1. The molecule has 0 saturated carbocycles. The van der Waals surface area contributed by atoms with Crippen LogP contribution >= 0.6 is 0 Å². The molecule has 0 amide bonds. The molecule has 0 radical (unpaired) electrons. The monoisotopic (exact) mass is 192 g/mol. The molecule has 1 aromatic heterocycles. The zero-order valence-corrected chi connectivity index (χ0v) is 7.90. The van der Waals surface area contributed by atoms with Crippen LogP contribution in [0.25, 0.3) is 6.08 Å². The summed E-state index contributed by atoms with van der Waals surface area (Å²) in [4.78, 5) is 14.6. The lowest BCUT2D eigenvalue weighted by Gasteiger charge is -2.00. The number of hydrogen-bond donors (Lipinski definition) is 2. The van der Waals surface area contributed by atoms with Gasteiger partial charge in [-0.15, -0.1) is 0 Å². The zero-order valence-electron chi connectivity index (χ0n) is 7.90. The fraction of sp³-hybridized carbons (Fsp3) is 0.200. The van der Waals surface area contributed by atoms with E-state index in [1.54, 1.807) is 18.2 Å². The summed E-state index contributed by atoms with van der Waals surface area (Å²) in [7, 11) is 0. The molecule has 1 rings (SSSR count). The number of hydrogen-bond acceptors (Lipinski definition) is 3. The molecule has 0 spiro atoms. The zero-order chi connectivity index (χ0) is 10.6. The third kappa shape index (κ3) is 2.40. The van der Waals surface area contributed by atoms with Gasteiger partial charge in [0.05, 0.1) is 0 Å². The highest BCUT2D eigenvalue weighted by Crippen LogP contribution is 2.10. The van der Waals surface area contributed by atoms with Crippen LogP contribution in [0, 0.1) is 6.92 Å². The Bertz CT molecular complexity index is 372. The Kier molecular flexibility index (Phi) is 3.36. The van der Waals surface area contributed by atoms with Gasteiger partial charge in [0.25, 0.3) is 0 Å². The van der Waals surface area contributed by atoms with Gasteiger partial charge in [-0.3, -0.25) is 0 Å². The predicted molar refractivity (Wildman–Crippen MR) is 54.0 cm³/mol. The molecule has 0 aliphatic rings. The minimum absolute atomic E-state index is 0.0558. The number of nitrogens with zero attached hydrogens (tertiary/aromatic N) is 1. The van der Waals surface area contributed by atoms with E-state index in [9.17, 15) is 4.79 Å². The lowest BCUT2D eigenvalue weighted by atomic mass is 10.1. The van der Waals surface area contributed by atoms with Crippen molar-refractivity contribution in [3.05, 3.63) is 35.2 Å². The maximum Gasteiger partial charge on any atom is 0.355 e. The highest BCUT2D eigenvalue weighted by Gasteiger charge is 2.08. The summed E-state index contributed by atoms with van der Waals surface area (Å²) in [6.07, 6.45) is 4.90. The molecule has 0 unspecified atom stereocenters. The third-order valence-electron chi connectivity index (χ3n) is 1.69. The minimum atomic E-state index is -1.03. The maximum atomic E-state index is 10.8. The van der Waals surface area contributed by atoms with E-state index in [2.05, 4.69) is 4.98 Å². The van der Waals surface area contributed by atoms with Crippen molar-refractivity contribution in [3.8, 4) is 0 Å². The van der Waals surface area contributed by atoms with Gasteiger partial charge in [-0.25, -0.2) is 9.78 Å². The predicted octanol–water partition coefficient (Wildman–Crippen LogP) is 1.06. The molecule has 0 atom stereocenters. The van der Waals surface area contributed by atoms with E-state index in [1.165, 1.54) is 6.20 Å². The van der Waals surface area contributed by atoms with Crippen molar-refractivity contribution in [1.29, 1.82) is 0 Å². The molecule has 14 heavy (non-hydrogen) atoms. The fourth-order valence-electron chi connectivity index (χ4n) is 1.09. The first kappa shape index (κ1) is 10.4. The Morgan fingerprint density at radius 3 is 3.00 bits per heavy atom. The minimum Gasteiger partial charge on any atom is -0.476 e. The largest absolute Gasteiger partial charge is 0.476 e.